The highest BCUT2D eigenvalue weighted by Crippen LogP contribution is 2.21. The summed E-state index contributed by atoms with van der Waals surface area (Å²) in [5, 5.41) is 0. The molecule has 0 fully saturated rings. The van der Waals surface area contributed by atoms with Gasteiger partial charge in [0.1, 0.15) is 0 Å². The molecule has 6 heteroatoms. The minimum Gasteiger partial charge on any atom is -0.369 e. The van der Waals surface area contributed by atoms with Crippen LogP contribution in [-0.2, 0) is 11.3 Å². The van der Waals surface area contributed by atoms with Crippen molar-refractivity contribution in [3.05, 3.63) is 23.2 Å². The van der Waals surface area contributed by atoms with E-state index in [2.05, 4.69) is 9.97 Å². The fourth-order valence-electron chi connectivity index (χ4n) is 1.64. The zero-order valence-corrected chi connectivity index (χ0v) is 10.5. The maximum absolute atomic E-state index is 11.3. The number of pyridine rings is 1. The van der Waals surface area contributed by atoms with Crippen molar-refractivity contribution >= 4 is 29.2 Å². The third-order valence-corrected chi connectivity index (χ3v) is 3.12. The fraction of sp³-hybridized carbons (Fsp3) is 0.364. The van der Waals surface area contributed by atoms with Gasteiger partial charge in [-0.1, -0.05) is 0 Å². The summed E-state index contributed by atoms with van der Waals surface area (Å²) < 4.78 is 2.44. The molecule has 0 saturated carbocycles. The molecule has 0 radical (unpaired) electrons. The molecule has 2 heterocycles. The average Bonchev–Trinajstić information content (AvgIpc) is 2.55. The SMILES string of the molecule is CC(C)(Cn1c(=S)[nH]c2cnccc21)C(N)=O. The molecule has 0 spiro atoms. The van der Waals surface area contributed by atoms with Crippen molar-refractivity contribution in [1.82, 2.24) is 14.5 Å². The molecule has 2 aromatic heterocycles. The zero-order valence-electron chi connectivity index (χ0n) is 9.73. The molecule has 2 rings (SSSR count). The lowest BCUT2D eigenvalue weighted by Gasteiger charge is -2.21. The lowest BCUT2D eigenvalue weighted by atomic mass is 9.92. The first kappa shape index (κ1) is 11.8. The molecule has 0 unspecified atom stereocenters. The maximum Gasteiger partial charge on any atom is 0.224 e. The minimum atomic E-state index is -0.642. The van der Waals surface area contributed by atoms with E-state index in [-0.39, 0.29) is 5.91 Å². The topological polar surface area (TPSA) is 76.7 Å². The molecular formula is C11H14N4OS. The molecule has 1 amide bonds. The van der Waals surface area contributed by atoms with Crippen LogP contribution in [0.25, 0.3) is 11.0 Å². The standard InChI is InChI=1S/C11H14N4OS/c1-11(2,9(12)16)6-15-8-3-4-13-5-7(8)14-10(15)17/h3-5H,6H2,1-2H3,(H2,12,16)(H,14,17). The van der Waals surface area contributed by atoms with Gasteiger partial charge < -0.3 is 15.3 Å². The Morgan fingerprint density at radius 3 is 3.00 bits per heavy atom. The van der Waals surface area contributed by atoms with Crippen LogP contribution in [0, 0.1) is 10.2 Å². The van der Waals surface area contributed by atoms with Crippen molar-refractivity contribution in [3.63, 3.8) is 0 Å². The number of amides is 1. The first-order valence-electron chi connectivity index (χ1n) is 5.24. The molecule has 2 aromatic rings. The summed E-state index contributed by atoms with van der Waals surface area (Å²) in [5.74, 6) is -0.345. The van der Waals surface area contributed by atoms with E-state index in [9.17, 15) is 4.79 Å². The van der Waals surface area contributed by atoms with Gasteiger partial charge in [-0.25, -0.2) is 0 Å². The average molecular weight is 250 g/mol. The van der Waals surface area contributed by atoms with E-state index in [4.69, 9.17) is 18.0 Å². The van der Waals surface area contributed by atoms with Crippen molar-refractivity contribution in [2.24, 2.45) is 11.1 Å². The van der Waals surface area contributed by atoms with E-state index < -0.39 is 5.41 Å². The fourth-order valence-corrected chi connectivity index (χ4v) is 1.91. The van der Waals surface area contributed by atoms with Crippen molar-refractivity contribution in [2.75, 3.05) is 0 Å². The Balaban J connectivity index is 2.53. The summed E-state index contributed by atoms with van der Waals surface area (Å²) in [6, 6.07) is 1.86. The van der Waals surface area contributed by atoms with E-state index in [0.29, 0.717) is 11.3 Å². The highest BCUT2D eigenvalue weighted by molar-refractivity contribution is 7.71. The Morgan fingerprint density at radius 1 is 1.65 bits per heavy atom. The van der Waals surface area contributed by atoms with Gasteiger partial charge in [-0.15, -0.1) is 0 Å². The largest absolute Gasteiger partial charge is 0.369 e. The molecule has 90 valence electrons. The van der Waals surface area contributed by atoms with Gasteiger partial charge in [-0.2, -0.15) is 0 Å². The Hall–Kier alpha value is -1.69. The molecular weight excluding hydrogens is 236 g/mol. The molecule has 0 aliphatic heterocycles. The van der Waals surface area contributed by atoms with Crippen LogP contribution >= 0.6 is 12.2 Å². The summed E-state index contributed by atoms with van der Waals surface area (Å²) in [4.78, 5) is 18.4. The maximum atomic E-state index is 11.3. The second kappa shape index (κ2) is 3.96. The quantitative estimate of drug-likeness (QED) is 0.812. The van der Waals surface area contributed by atoms with Crippen molar-refractivity contribution < 1.29 is 4.79 Å². The summed E-state index contributed by atoms with van der Waals surface area (Å²) in [5.41, 5.74) is 6.52. The second-order valence-electron chi connectivity index (χ2n) is 4.66. The first-order valence-corrected chi connectivity index (χ1v) is 5.65. The van der Waals surface area contributed by atoms with Gasteiger partial charge in [0.15, 0.2) is 4.77 Å². The molecule has 0 atom stereocenters. The normalized spacial score (nSPS) is 11.9. The molecule has 0 bridgehead atoms. The summed E-state index contributed by atoms with van der Waals surface area (Å²) >= 11 is 5.24. The van der Waals surface area contributed by atoms with Gasteiger partial charge >= 0.3 is 0 Å². The number of carbonyl (C=O) groups excluding carboxylic acids is 1. The lowest BCUT2D eigenvalue weighted by molar-refractivity contribution is -0.126. The third kappa shape index (κ3) is 2.08. The number of fused-ring (bicyclic) bond motifs is 1. The minimum absolute atomic E-state index is 0.345. The number of carbonyl (C=O) groups is 1. The molecule has 0 aliphatic carbocycles. The number of imidazole rings is 1. The Bertz CT molecular complexity index is 626. The van der Waals surface area contributed by atoms with Crippen molar-refractivity contribution in [2.45, 2.75) is 20.4 Å². The van der Waals surface area contributed by atoms with Crippen LogP contribution in [0.15, 0.2) is 18.5 Å². The number of nitrogens with zero attached hydrogens (tertiary/aromatic N) is 2. The van der Waals surface area contributed by atoms with E-state index in [1.807, 2.05) is 10.6 Å². The van der Waals surface area contributed by atoms with E-state index >= 15 is 0 Å². The van der Waals surface area contributed by atoms with Crippen LogP contribution in [0.2, 0.25) is 0 Å². The number of aromatic amines is 1. The lowest BCUT2D eigenvalue weighted by Crippen LogP contribution is -2.35. The predicted molar refractivity (Wildman–Crippen MR) is 67.9 cm³/mol. The van der Waals surface area contributed by atoms with Gasteiger partial charge in [0, 0.05) is 12.7 Å². The third-order valence-electron chi connectivity index (χ3n) is 2.80. The van der Waals surface area contributed by atoms with Crippen LogP contribution < -0.4 is 5.73 Å². The van der Waals surface area contributed by atoms with Crippen LogP contribution in [0.3, 0.4) is 0 Å². The molecule has 0 aromatic carbocycles. The van der Waals surface area contributed by atoms with Crippen LogP contribution in [0.4, 0.5) is 0 Å². The number of nitrogens with two attached hydrogens (primary N) is 1. The van der Waals surface area contributed by atoms with Gasteiger partial charge in [0.05, 0.1) is 22.6 Å². The van der Waals surface area contributed by atoms with Crippen molar-refractivity contribution in [3.8, 4) is 0 Å². The highest BCUT2D eigenvalue weighted by atomic mass is 32.1. The number of hydrogen-bond acceptors (Lipinski definition) is 3. The predicted octanol–water partition coefficient (Wildman–Crippen LogP) is 1.61. The van der Waals surface area contributed by atoms with Gasteiger partial charge in [-0.05, 0) is 32.1 Å². The van der Waals surface area contributed by atoms with Crippen molar-refractivity contribution in [1.29, 1.82) is 0 Å². The molecule has 3 N–H and O–H groups in total. The van der Waals surface area contributed by atoms with Crippen LogP contribution in [-0.4, -0.2) is 20.4 Å². The van der Waals surface area contributed by atoms with E-state index in [0.717, 1.165) is 11.0 Å². The second-order valence-corrected chi connectivity index (χ2v) is 5.04. The molecule has 0 saturated heterocycles. The number of nitrogens with one attached hydrogen (secondary N) is 1. The Labute approximate surface area is 104 Å². The molecule has 17 heavy (non-hydrogen) atoms. The zero-order chi connectivity index (χ0) is 12.6. The summed E-state index contributed by atoms with van der Waals surface area (Å²) in [6.45, 7) is 4.06. The number of rotatable bonds is 3. The van der Waals surface area contributed by atoms with Gasteiger partial charge in [0.25, 0.3) is 0 Å². The van der Waals surface area contributed by atoms with E-state index in [1.54, 1.807) is 26.2 Å². The Morgan fingerprint density at radius 2 is 2.35 bits per heavy atom. The highest BCUT2D eigenvalue weighted by Gasteiger charge is 2.26. The summed E-state index contributed by atoms with van der Waals surface area (Å²) in [6.07, 6.45) is 3.40. The molecule has 5 nitrogen and oxygen atoms in total. The number of primary amides is 1. The first-order chi connectivity index (χ1) is 7.92. The van der Waals surface area contributed by atoms with E-state index in [1.165, 1.54) is 0 Å². The van der Waals surface area contributed by atoms with Gasteiger partial charge in [0.2, 0.25) is 5.91 Å². The van der Waals surface area contributed by atoms with Crippen LogP contribution in [0.5, 0.6) is 0 Å². The number of H-pyrrole nitrogens is 1. The smallest absolute Gasteiger partial charge is 0.224 e. The Kier molecular flexibility index (Phi) is 2.74. The number of hydrogen-bond donors (Lipinski definition) is 2. The molecule has 0 aliphatic rings. The van der Waals surface area contributed by atoms with Gasteiger partial charge in [-0.3, -0.25) is 9.78 Å². The summed E-state index contributed by atoms with van der Waals surface area (Å²) in [7, 11) is 0. The number of aromatic nitrogens is 3. The van der Waals surface area contributed by atoms with Crippen LogP contribution in [0.1, 0.15) is 13.8 Å². The monoisotopic (exact) mass is 250 g/mol.